The molecule has 0 atom stereocenters. The number of aliphatic carboxylic acids is 1. The van der Waals surface area contributed by atoms with Crippen molar-refractivity contribution < 1.29 is 14.3 Å². The smallest absolute Gasteiger partial charge is 0.322 e. The first-order chi connectivity index (χ1) is 7.56. The van der Waals surface area contributed by atoms with Crippen molar-refractivity contribution in [2.75, 3.05) is 11.9 Å². The molecule has 2 heterocycles. The van der Waals surface area contributed by atoms with E-state index < -0.39 is 5.97 Å². The summed E-state index contributed by atoms with van der Waals surface area (Å²) in [6.07, 6.45) is 0. The van der Waals surface area contributed by atoms with Gasteiger partial charge in [-0.25, -0.2) is 9.97 Å². The number of nitrogens with one attached hydrogen (secondary N) is 1. The number of carboxylic acids is 1. The number of oxazole rings is 1. The van der Waals surface area contributed by atoms with Gasteiger partial charge in [0.2, 0.25) is 0 Å². The molecule has 0 aliphatic carbocycles. The van der Waals surface area contributed by atoms with Crippen molar-refractivity contribution in [2.24, 2.45) is 0 Å². The van der Waals surface area contributed by atoms with Gasteiger partial charge >= 0.3 is 5.97 Å². The molecular weight excluding hydrogens is 212 g/mol. The van der Waals surface area contributed by atoms with Gasteiger partial charge in [0.15, 0.2) is 17.2 Å². The van der Waals surface area contributed by atoms with Crippen LogP contribution in [-0.4, -0.2) is 32.6 Å². The molecule has 0 saturated heterocycles. The highest BCUT2D eigenvalue weighted by atomic mass is 16.4. The molecule has 0 aliphatic heterocycles. The number of carbonyl (C=O) groups is 1. The Morgan fingerprint density at radius 2 is 2.12 bits per heavy atom. The van der Waals surface area contributed by atoms with Crippen LogP contribution in [0, 0.1) is 13.8 Å². The van der Waals surface area contributed by atoms with Crippen LogP contribution in [0.25, 0.3) is 11.2 Å². The lowest BCUT2D eigenvalue weighted by Gasteiger charge is -2.02. The summed E-state index contributed by atoms with van der Waals surface area (Å²) in [4.78, 5) is 22.7. The van der Waals surface area contributed by atoms with Crippen molar-refractivity contribution in [2.45, 2.75) is 13.8 Å². The van der Waals surface area contributed by atoms with Crippen molar-refractivity contribution in [1.82, 2.24) is 15.0 Å². The van der Waals surface area contributed by atoms with Crippen LogP contribution in [0.1, 0.15) is 11.7 Å². The number of anilines is 1. The van der Waals surface area contributed by atoms with E-state index in [0.29, 0.717) is 28.8 Å². The average molecular weight is 222 g/mol. The maximum atomic E-state index is 10.4. The Morgan fingerprint density at radius 1 is 1.38 bits per heavy atom. The highest BCUT2D eigenvalue weighted by Gasteiger charge is 2.12. The zero-order chi connectivity index (χ0) is 11.7. The van der Waals surface area contributed by atoms with Gasteiger partial charge in [-0.1, -0.05) is 0 Å². The van der Waals surface area contributed by atoms with Gasteiger partial charge in [-0.3, -0.25) is 4.79 Å². The highest BCUT2D eigenvalue weighted by Crippen LogP contribution is 2.19. The van der Waals surface area contributed by atoms with Crippen molar-refractivity contribution in [1.29, 1.82) is 0 Å². The number of rotatable bonds is 3. The van der Waals surface area contributed by atoms with E-state index in [2.05, 4.69) is 20.3 Å². The second-order valence-corrected chi connectivity index (χ2v) is 3.25. The van der Waals surface area contributed by atoms with Crippen molar-refractivity contribution in [3.8, 4) is 0 Å². The van der Waals surface area contributed by atoms with Crippen LogP contribution in [0.15, 0.2) is 4.42 Å². The van der Waals surface area contributed by atoms with E-state index in [1.54, 1.807) is 13.8 Å². The van der Waals surface area contributed by atoms with Gasteiger partial charge in [0.1, 0.15) is 12.4 Å². The van der Waals surface area contributed by atoms with Crippen molar-refractivity contribution in [3.63, 3.8) is 0 Å². The molecule has 0 aromatic carbocycles. The van der Waals surface area contributed by atoms with Crippen LogP contribution in [0.3, 0.4) is 0 Å². The van der Waals surface area contributed by atoms with Crippen LogP contribution < -0.4 is 5.32 Å². The first-order valence-electron chi connectivity index (χ1n) is 4.63. The van der Waals surface area contributed by atoms with Crippen molar-refractivity contribution in [3.05, 3.63) is 11.7 Å². The fourth-order valence-electron chi connectivity index (χ4n) is 1.32. The molecule has 0 bridgehead atoms. The van der Waals surface area contributed by atoms with E-state index in [0.717, 1.165) is 0 Å². The van der Waals surface area contributed by atoms with Gasteiger partial charge in [0.05, 0.1) is 0 Å². The molecule has 0 radical (unpaired) electrons. The summed E-state index contributed by atoms with van der Waals surface area (Å²) in [6.45, 7) is 3.17. The molecule has 2 N–H and O–H groups in total. The minimum absolute atomic E-state index is 0.225. The summed E-state index contributed by atoms with van der Waals surface area (Å²) < 4.78 is 5.25. The molecule has 0 amide bonds. The third-order valence-corrected chi connectivity index (χ3v) is 1.88. The van der Waals surface area contributed by atoms with E-state index in [4.69, 9.17) is 9.52 Å². The topological polar surface area (TPSA) is 101 Å². The van der Waals surface area contributed by atoms with E-state index in [1.807, 2.05) is 0 Å². The zero-order valence-electron chi connectivity index (χ0n) is 8.81. The monoisotopic (exact) mass is 222 g/mol. The van der Waals surface area contributed by atoms with E-state index in [-0.39, 0.29) is 6.54 Å². The van der Waals surface area contributed by atoms with Crippen molar-refractivity contribution >= 4 is 23.0 Å². The minimum Gasteiger partial charge on any atom is -0.480 e. The lowest BCUT2D eigenvalue weighted by molar-refractivity contribution is -0.134. The van der Waals surface area contributed by atoms with Crippen LogP contribution >= 0.6 is 0 Å². The van der Waals surface area contributed by atoms with Crippen LogP contribution in [-0.2, 0) is 4.79 Å². The number of aryl methyl sites for hydroxylation is 2. The number of hydrogen-bond donors (Lipinski definition) is 2. The van der Waals surface area contributed by atoms with Gasteiger partial charge in [-0.15, -0.1) is 0 Å². The number of fused-ring (bicyclic) bond motifs is 1. The lowest BCUT2D eigenvalue weighted by atomic mass is 10.4. The van der Waals surface area contributed by atoms with Gasteiger partial charge in [0, 0.05) is 6.92 Å². The van der Waals surface area contributed by atoms with Gasteiger partial charge in [-0.05, 0) is 6.92 Å². The molecule has 0 unspecified atom stereocenters. The Kier molecular flexibility index (Phi) is 2.43. The normalized spacial score (nSPS) is 10.6. The standard InChI is InChI=1S/C9H10N4O3/c1-4-11-8(10-3-6(14)15)7-9(12-4)16-5(2)13-7/h3H2,1-2H3,(H,14,15)(H,10,11,12). The first-order valence-corrected chi connectivity index (χ1v) is 4.63. The van der Waals surface area contributed by atoms with Crippen LogP contribution in [0.4, 0.5) is 5.82 Å². The third-order valence-electron chi connectivity index (χ3n) is 1.88. The molecule has 2 aromatic heterocycles. The molecule has 2 rings (SSSR count). The summed E-state index contributed by atoms with van der Waals surface area (Å²) in [7, 11) is 0. The Balaban J connectivity index is 2.45. The number of carboxylic acid groups (broad SMARTS) is 1. The summed E-state index contributed by atoms with van der Waals surface area (Å²) in [5.74, 6) is 0.371. The fraction of sp³-hybridized carbons (Fsp3) is 0.333. The molecule has 0 spiro atoms. The Labute approximate surface area is 90.5 Å². The molecular formula is C9H10N4O3. The summed E-state index contributed by atoms with van der Waals surface area (Å²) in [6, 6.07) is 0. The Hall–Kier alpha value is -2.18. The second-order valence-electron chi connectivity index (χ2n) is 3.25. The van der Waals surface area contributed by atoms with Gasteiger partial charge < -0.3 is 14.8 Å². The molecule has 84 valence electrons. The lowest BCUT2D eigenvalue weighted by Crippen LogP contribution is -2.14. The number of nitrogens with zero attached hydrogens (tertiary/aromatic N) is 3. The Bertz CT molecular complexity index is 549. The van der Waals surface area contributed by atoms with Crippen LogP contribution in [0.5, 0.6) is 0 Å². The second kappa shape index (κ2) is 3.76. The maximum Gasteiger partial charge on any atom is 0.322 e. The number of hydrogen-bond acceptors (Lipinski definition) is 6. The summed E-state index contributed by atoms with van der Waals surface area (Å²) in [5, 5.41) is 11.2. The minimum atomic E-state index is -0.968. The average Bonchev–Trinajstić information content (AvgIpc) is 2.54. The first kappa shape index (κ1) is 10.3. The Morgan fingerprint density at radius 3 is 2.81 bits per heavy atom. The van der Waals surface area contributed by atoms with E-state index in [1.165, 1.54) is 0 Å². The quantitative estimate of drug-likeness (QED) is 0.789. The molecule has 0 saturated carbocycles. The molecule has 0 fully saturated rings. The third kappa shape index (κ3) is 1.92. The predicted octanol–water partition coefficient (Wildman–Crippen LogP) is 0.731. The molecule has 16 heavy (non-hydrogen) atoms. The molecule has 0 aliphatic rings. The molecule has 7 heteroatoms. The molecule has 2 aromatic rings. The fourth-order valence-corrected chi connectivity index (χ4v) is 1.32. The number of aromatic nitrogens is 3. The van der Waals surface area contributed by atoms with Crippen LogP contribution in [0.2, 0.25) is 0 Å². The maximum absolute atomic E-state index is 10.4. The van der Waals surface area contributed by atoms with E-state index >= 15 is 0 Å². The molecule has 7 nitrogen and oxygen atoms in total. The van der Waals surface area contributed by atoms with Gasteiger partial charge in [0.25, 0.3) is 5.71 Å². The van der Waals surface area contributed by atoms with E-state index in [9.17, 15) is 4.79 Å². The predicted molar refractivity (Wildman–Crippen MR) is 55.2 cm³/mol. The highest BCUT2D eigenvalue weighted by molar-refractivity contribution is 5.83. The SMILES string of the molecule is Cc1nc(NCC(=O)O)c2nc(C)oc2n1. The summed E-state index contributed by atoms with van der Waals surface area (Å²) >= 11 is 0. The largest absolute Gasteiger partial charge is 0.480 e. The zero-order valence-corrected chi connectivity index (χ0v) is 8.81. The van der Waals surface area contributed by atoms with Gasteiger partial charge in [-0.2, -0.15) is 4.98 Å². The summed E-state index contributed by atoms with van der Waals surface area (Å²) in [5.41, 5.74) is 0.808.